The molecule has 0 N–H and O–H groups in total. The molecule has 0 spiro atoms. The summed E-state index contributed by atoms with van der Waals surface area (Å²) in [4.78, 5) is 23.6. The lowest BCUT2D eigenvalue weighted by Crippen LogP contribution is -2.46. The van der Waals surface area contributed by atoms with E-state index in [9.17, 15) is 18.0 Å². The lowest BCUT2D eigenvalue weighted by molar-refractivity contribution is -0.180. The minimum Gasteiger partial charge on any atom is -0.272 e. The average Bonchev–Trinajstić information content (AvgIpc) is 2.34. The van der Waals surface area contributed by atoms with Crippen molar-refractivity contribution in [3.63, 3.8) is 0 Å². The van der Waals surface area contributed by atoms with Crippen LogP contribution in [0.25, 0.3) is 0 Å². The standard InChI is InChI=1S/C13H15NO5S/c1-13(2)8-11(15)14(12(16)9-13)19-20(17,18)10-6-4-3-5-7-10/h3-7H,8-9H2,1-2H3. The van der Waals surface area contributed by atoms with Gasteiger partial charge in [0.25, 0.3) is 11.8 Å². The molecule has 108 valence electrons. The number of amides is 2. The molecule has 0 radical (unpaired) electrons. The maximum Gasteiger partial charge on any atom is 0.318 e. The monoisotopic (exact) mass is 297 g/mol. The van der Waals surface area contributed by atoms with Crippen molar-refractivity contribution in [3.8, 4) is 0 Å². The van der Waals surface area contributed by atoms with Gasteiger partial charge in [0, 0.05) is 12.8 Å². The van der Waals surface area contributed by atoms with E-state index in [2.05, 4.69) is 4.28 Å². The molecule has 1 heterocycles. The zero-order valence-corrected chi connectivity index (χ0v) is 12.0. The molecule has 1 saturated heterocycles. The predicted octanol–water partition coefficient (Wildman–Crippen LogP) is 1.48. The third-order valence-corrected chi connectivity index (χ3v) is 4.11. The van der Waals surface area contributed by atoms with Gasteiger partial charge in [-0.05, 0) is 17.5 Å². The van der Waals surface area contributed by atoms with Crippen LogP contribution in [-0.4, -0.2) is 25.3 Å². The van der Waals surface area contributed by atoms with Gasteiger partial charge < -0.3 is 0 Å². The van der Waals surface area contributed by atoms with Gasteiger partial charge >= 0.3 is 10.1 Å². The molecule has 1 aromatic rings. The summed E-state index contributed by atoms with van der Waals surface area (Å²) in [5.74, 6) is -1.29. The highest BCUT2D eigenvalue weighted by Crippen LogP contribution is 2.32. The minimum atomic E-state index is -4.18. The molecule has 0 aromatic heterocycles. The highest BCUT2D eigenvalue weighted by molar-refractivity contribution is 7.86. The normalized spacial score (nSPS) is 19.2. The topological polar surface area (TPSA) is 80.8 Å². The number of benzene rings is 1. The van der Waals surface area contributed by atoms with Crippen LogP contribution in [0, 0.1) is 5.41 Å². The fourth-order valence-corrected chi connectivity index (χ4v) is 2.91. The number of rotatable bonds is 3. The molecule has 0 unspecified atom stereocenters. The van der Waals surface area contributed by atoms with Crippen LogP contribution in [0.1, 0.15) is 26.7 Å². The summed E-state index contributed by atoms with van der Waals surface area (Å²) < 4.78 is 28.7. The predicted molar refractivity (Wildman–Crippen MR) is 69.6 cm³/mol. The summed E-state index contributed by atoms with van der Waals surface area (Å²) >= 11 is 0. The summed E-state index contributed by atoms with van der Waals surface area (Å²) in [6.45, 7) is 3.54. The molecular formula is C13H15NO5S. The Morgan fingerprint density at radius 2 is 1.55 bits per heavy atom. The van der Waals surface area contributed by atoms with E-state index in [4.69, 9.17) is 0 Å². The summed E-state index contributed by atoms with van der Waals surface area (Å²) in [5.41, 5.74) is -0.482. The van der Waals surface area contributed by atoms with Crippen LogP contribution in [0.4, 0.5) is 0 Å². The van der Waals surface area contributed by atoms with Crippen molar-refractivity contribution in [3.05, 3.63) is 30.3 Å². The molecule has 0 bridgehead atoms. The molecule has 6 nitrogen and oxygen atoms in total. The highest BCUT2D eigenvalue weighted by Gasteiger charge is 2.40. The third-order valence-electron chi connectivity index (χ3n) is 2.92. The Labute approximate surface area is 117 Å². The second-order valence-electron chi connectivity index (χ2n) is 5.44. The molecule has 1 fully saturated rings. The van der Waals surface area contributed by atoms with Gasteiger partial charge in [-0.1, -0.05) is 32.0 Å². The average molecular weight is 297 g/mol. The summed E-state index contributed by atoms with van der Waals surface area (Å²) in [5, 5.41) is 0.355. The maximum atomic E-state index is 12.0. The number of nitrogens with zero attached hydrogens (tertiary/aromatic N) is 1. The van der Waals surface area contributed by atoms with Crippen molar-refractivity contribution in [2.75, 3.05) is 0 Å². The van der Waals surface area contributed by atoms with Crippen LogP contribution in [0.15, 0.2) is 35.2 Å². The molecule has 2 amide bonds. The molecule has 1 aromatic carbocycles. The van der Waals surface area contributed by atoms with Gasteiger partial charge in [0.15, 0.2) is 0 Å². The van der Waals surface area contributed by atoms with E-state index in [0.29, 0.717) is 5.06 Å². The Morgan fingerprint density at radius 3 is 2.05 bits per heavy atom. The maximum absolute atomic E-state index is 12.0. The van der Waals surface area contributed by atoms with Crippen molar-refractivity contribution in [1.29, 1.82) is 0 Å². The minimum absolute atomic E-state index is 0.0586. The fourth-order valence-electron chi connectivity index (χ4n) is 1.98. The van der Waals surface area contributed by atoms with E-state index < -0.39 is 27.3 Å². The van der Waals surface area contributed by atoms with Crippen molar-refractivity contribution >= 4 is 21.9 Å². The largest absolute Gasteiger partial charge is 0.318 e. The molecule has 20 heavy (non-hydrogen) atoms. The first kappa shape index (κ1) is 14.7. The SMILES string of the molecule is CC1(C)CC(=O)N(OS(=O)(=O)c2ccccc2)C(=O)C1. The number of imide groups is 1. The van der Waals surface area contributed by atoms with Gasteiger partial charge in [-0.3, -0.25) is 9.59 Å². The van der Waals surface area contributed by atoms with Crippen LogP contribution < -0.4 is 0 Å². The molecule has 7 heteroatoms. The Morgan fingerprint density at radius 1 is 1.05 bits per heavy atom. The highest BCUT2D eigenvalue weighted by atomic mass is 32.2. The summed E-state index contributed by atoms with van der Waals surface area (Å²) in [6.07, 6.45) is 0.117. The van der Waals surface area contributed by atoms with Crippen LogP contribution >= 0.6 is 0 Å². The summed E-state index contributed by atoms with van der Waals surface area (Å²) in [6, 6.07) is 7.37. The van der Waals surface area contributed by atoms with Crippen LogP contribution in [0.5, 0.6) is 0 Å². The Bertz CT molecular complexity index is 616. The van der Waals surface area contributed by atoms with E-state index >= 15 is 0 Å². The molecule has 2 rings (SSSR count). The van der Waals surface area contributed by atoms with Gasteiger partial charge in [-0.15, -0.1) is 9.35 Å². The number of hydrogen-bond acceptors (Lipinski definition) is 5. The van der Waals surface area contributed by atoms with E-state index in [1.807, 2.05) is 0 Å². The molecule has 1 aliphatic heterocycles. The number of carbonyl (C=O) groups excluding carboxylic acids is 2. The van der Waals surface area contributed by atoms with Crippen LogP contribution in [0.2, 0.25) is 0 Å². The van der Waals surface area contributed by atoms with E-state index in [1.54, 1.807) is 19.9 Å². The number of hydrogen-bond donors (Lipinski definition) is 0. The number of piperidine rings is 1. The molecule has 0 saturated carbocycles. The van der Waals surface area contributed by atoms with Crippen LogP contribution in [-0.2, 0) is 24.0 Å². The Hall–Kier alpha value is -1.73. The van der Waals surface area contributed by atoms with Crippen molar-refractivity contribution in [2.45, 2.75) is 31.6 Å². The Kier molecular flexibility index (Phi) is 3.66. The van der Waals surface area contributed by atoms with Crippen molar-refractivity contribution in [1.82, 2.24) is 5.06 Å². The summed E-state index contributed by atoms with van der Waals surface area (Å²) in [7, 11) is -4.18. The zero-order valence-electron chi connectivity index (χ0n) is 11.2. The molecule has 1 aliphatic rings. The second kappa shape index (κ2) is 4.99. The van der Waals surface area contributed by atoms with Gasteiger partial charge in [0.05, 0.1) is 4.90 Å². The van der Waals surface area contributed by atoms with Gasteiger partial charge in [0.2, 0.25) is 0 Å². The third kappa shape index (κ3) is 3.05. The van der Waals surface area contributed by atoms with Crippen molar-refractivity contribution in [2.24, 2.45) is 5.41 Å². The Balaban J connectivity index is 2.22. The number of hydroxylamine groups is 2. The molecule has 0 atom stereocenters. The smallest absolute Gasteiger partial charge is 0.272 e. The van der Waals surface area contributed by atoms with E-state index in [-0.39, 0.29) is 17.7 Å². The molecule has 0 aliphatic carbocycles. The zero-order chi connectivity index (χ0) is 15.0. The second-order valence-corrected chi connectivity index (χ2v) is 6.97. The fraction of sp³-hybridized carbons (Fsp3) is 0.385. The molecular weight excluding hydrogens is 282 g/mol. The lowest BCUT2D eigenvalue weighted by atomic mass is 9.82. The lowest BCUT2D eigenvalue weighted by Gasteiger charge is -2.32. The van der Waals surface area contributed by atoms with Crippen LogP contribution in [0.3, 0.4) is 0 Å². The first-order valence-electron chi connectivity index (χ1n) is 6.07. The van der Waals surface area contributed by atoms with Crippen molar-refractivity contribution < 1.29 is 22.3 Å². The first-order valence-corrected chi connectivity index (χ1v) is 7.48. The van der Waals surface area contributed by atoms with E-state index in [0.717, 1.165) is 0 Å². The first-order chi connectivity index (χ1) is 9.21. The van der Waals surface area contributed by atoms with E-state index in [1.165, 1.54) is 24.3 Å². The van der Waals surface area contributed by atoms with Gasteiger partial charge in [0.1, 0.15) is 0 Å². The quantitative estimate of drug-likeness (QED) is 0.789. The van der Waals surface area contributed by atoms with Gasteiger partial charge in [-0.2, -0.15) is 8.42 Å². The van der Waals surface area contributed by atoms with Gasteiger partial charge in [-0.25, -0.2) is 0 Å². The number of carbonyl (C=O) groups is 2.